The molecule has 0 atom stereocenters. The first kappa shape index (κ1) is 14.9. The largest absolute Gasteiger partial charge is 0.403 e. The van der Waals surface area contributed by atoms with Crippen LogP contribution in [0.5, 0.6) is 0 Å². The lowest BCUT2D eigenvalue weighted by atomic mass is 10.1. The van der Waals surface area contributed by atoms with Gasteiger partial charge in [-0.25, -0.2) is 9.97 Å². The monoisotopic (exact) mass is 358 g/mol. The lowest BCUT2D eigenvalue weighted by molar-refractivity contribution is 0.581. The maximum absolute atomic E-state index is 5.78. The van der Waals surface area contributed by atoms with Crippen LogP contribution in [0, 0.1) is 0 Å². The Morgan fingerprint density at radius 1 is 1.07 bits per heavy atom. The molecule has 0 unspecified atom stereocenters. The van der Waals surface area contributed by atoms with E-state index in [1.807, 2.05) is 30.6 Å². The molecule has 0 radical (unpaired) electrons. The van der Waals surface area contributed by atoms with Crippen molar-refractivity contribution in [2.75, 3.05) is 5.32 Å². The summed E-state index contributed by atoms with van der Waals surface area (Å²) in [5, 5.41) is 12.6. The van der Waals surface area contributed by atoms with Crippen molar-refractivity contribution in [1.82, 2.24) is 25.1 Å². The van der Waals surface area contributed by atoms with Gasteiger partial charge < -0.3 is 14.7 Å². The van der Waals surface area contributed by atoms with Gasteiger partial charge in [0, 0.05) is 52.1 Å². The van der Waals surface area contributed by atoms with E-state index in [1.165, 1.54) is 12.8 Å². The molecule has 4 aromatic rings. The first-order chi connectivity index (χ1) is 13.3. The van der Waals surface area contributed by atoms with Crippen LogP contribution < -0.4 is 5.32 Å². The number of anilines is 1. The highest BCUT2D eigenvalue weighted by Crippen LogP contribution is 2.39. The molecule has 0 bridgehead atoms. The molecule has 134 valence electrons. The fraction of sp³-hybridized carbons (Fsp3) is 0.300. The average molecular weight is 358 g/mol. The van der Waals surface area contributed by atoms with Gasteiger partial charge in [0.15, 0.2) is 5.82 Å². The maximum atomic E-state index is 5.78. The molecule has 6 rings (SSSR count). The van der Waals surface area contributed by atoms with Crippen LogP contribution in [0.1, 0.15) is 37.3 Å². The molecule has 3 aromatic heterocycles. The molecule has 2 N–H and O–H groups in total. The standard InChI is InChI=1S/C20H18N6O/c1-2-11(1)16-7-8-21-18(24-16)15-10-22-17-6-3-12(9-14(15)17)19-25-26-20(27-19)23-13-4-5-13/h3,6-11,13,22H,1-2,4-5H2,(H,23,26). The summed E-state index contributed by atoms with van der Waals surface area (Å²) in [6.45, 7) is 0. The van der Waals surface area contributed by atoms with Gasteiger partial charge in [-0.05, 0) is 49.9 Å². The topological polar surface area (TPSA) is 92.5 Å². The lowest BCUT2D eigenvalue weighted by Gasteiger charge is -2.02. The molecule has 2 aliphatic rings. The number of hydrogen-bond donors (Lipinski definition) is 2. The van der Waals surface area contributed by atoms with Gasteiger partial charge in [0.25, 0.3) is 0 Å². The van der Waals surface area contributed by atoms with Crippen LogP contribution in [0.15, 0.2) is 41.1 Å². The van der Waals surface area contributed by atoms with Crippen LogP contribution in [0.2, 0.25) is 0 Å². The fourth-order valence-electron chi connectivity index (χ4n) is 3.35. The third kappa shape index (κ3) is 2.75. The number of nitrogens with one attached hydrogen (secondary N) is 2. The van der Waals surface area contributed by atoms with E-state index in [0.717, 1.165) is 46.4 Å². The first-order valence-electron chi connectivity index (χ1n) is 9.38. The minimum absolute atomic E-state index is 0.480. The number of aromatic nitrogens is 5. The summed E-state index contributed by atoms with van der Waals surface area (Å²) in [6.07, 6.45) is 8.60. The van der Waals surface area contributed by atoms with Gasteiger partial charge in [-0.15, -0.1) is 5.10 Å². The molecule has 2 aliphatic carbocycles. The SMILES string of the molecule is c1cc(C2CC2)nc(-c2c[nH]c3ccc(-c4nnc(NC5CC5)o4)cc23)n1. The molecule has 2 saturated carbocycles. The number of H-pyrrole nitrogens is 1. The zero-order valence-corrected chi connectivity index (χ0v) is 14.6. The molecule has 2 fully saturated rings. The Bertz CT molecular complexity index is 1140. The van der Waals surface area contributed by atoms with E-state index >= 15 is 0 Å². The summed E-state index contributed by atoms with van der Waals surface area (Å²) in [5.74, 6) is 1.87. The minimum Gasteiger partial charge on any atom is -0.403 e. The highest BCUT2D eigenvalue weighted by Gasteiger charge is 2.26. The van der Waals surface area contributed by atoms with Gasteiger partial charge in [-0.1, -0.05) is 5.10 Å². The lowest BCUT2D eigenvalue weighted by Crippen LogP contribution is -2.00. The second-order valence-electron chi connectivity index (χ2n) is 7.37. The summed E-state index contributed by atoms with van der Waals surface area (Å²) >= 11 is 0. The van der Waals surface area contributed by atoms with E-state index in [9.17, 15) is 0 Å². The summed E-state index contributed by atoms with van der Waals surface area (Å²) < 4.78 is 5.78. The summed E-state index contributed by atoms with van der Waals surface area (Å²) in [6, 6.07) is 9.06. The molecule has 7 nitrogen and oxygen atoms in total. The van der Waals surface area contributed by atoms with Gasteiger partial charge in [0.1, 0.15) is 0 Å². The zero-order chi connectivity index (χ0) is 17.8. The van der Waals surface area contributed by atoms with Crippen LogP contribution >= 0.6 is 0 Å². The molecule has 0 spiro atoms. The third-order valence-corrected chi connectivity index (χ3v) is 5.17. The van der Waals surface area contributed by atoms with Crippen LogP contribution in [0.3, 0.4) is 0 Å². The third-order valence-electron chi connectivity index (χ3n) is 5.17. The van der Waals surface area contributed by atoms with Gasteiger partial charge in [0.05, 0.1) is 0 Å². The number of fused-ring (bicyclic) bond motifs is 1. The molecular formula is C20H18N6O. The predicted octanol–water partition coefficient (Wildman–Crippen LogP) is 4.13. The van der Waals surface area contributed by atoms with Crippen molar-refractivity contribution in [3.05, 3.63) is 42.4 Å². The fourth-order valence-corrected chi connectivity index (χ4v) is 3.35. The normalized spacial score (nSPS) is 16.7. The average Bonchev–Trinajstić information content (AvgIpc) is 3.61. The van der Waals surface area contributed by atoms with E-state index in [1.54, 1.807) is 0 Å². The molecule has 3 heterocycles. The molecule has 0 aliphatic heterocycles. The van der Waals surface area contributed by atoms with Crippen LogP contribution in [0.25, 0.3) is 33.7 Å². The number of rotatable bonds is 5. The quantitative estimate of drug-likeness (QED) is 0.557. The summed E-state index contributed by atoms with van der Waals surface area (Å²) in [4.78, 5) is 12.6. The van der Waals surface area contributed by atoms with Crippen molar-refractivity contribution in [2.45, 2.75) is 37.6 Å². The second-order valence-corrected chi connectivity index (χ2v) is 7.37. The molecular weight excluding hydrogens is 340 g/mol. The van der Waals surface area contributed by atoms with Crippen LogP contribution in [0.4, 0.5) is 6.01 Å². The van der Waals surface area contributed by atoms with E-state index < -0.39 is 0 Å². The summed E-state index contributed by atoms with van der Waals surface area (Å²) in [5.41, 5.74) is 4.05. The Labute approximate surface area is 155 Å². The maximum Gasteiger partial charge on any atom is 0.315 e. The number of hydrogen-bond acceptors (Lipinski definition) is 6. The van der Waals surface area contributed by atoms with Crippen LogP contribution in [-0.4, -0.2) is 31.2 Å². The van der Waals surface area contributed by atoms with E-state index in [4.69, 9.17) is 9.40 Å². The molecule has 27 heavy (non-hydrogen) atoms. The van der Waals surface area contributed by atoms with E-state index in [-0.39, 0.29) is 0 Å². The van der Waals surface area contributed by atoms with E-state index in [2.05, 4.69) is 31.5 Å². The predicted molar refractivity (Wildman–Crippen MR) is 101 cm³/mol. The summed E-state index contributed by atoms with van der Waals surface area (Å²) in [7, 11) is 0. The molecule has 0 saturated heterocycles. The zero-order valence-electron chi connectivity index (χ0n) is 14.6. The highest BCUT2D eigenvalue weighted by molar-refractivity contribution is 5.96. The Morgan fingerprint density at radius 2 is 2.00 bits per heavy atom. The second kappa shape index (κ2) is 5.64. The highest BCUT2D eigenvalue weighted by atomic mass is 16.4. The molecule has 0 amide bonds. The Kier molecular flexibility index (Phi) is 3.11. The number of benzene rings is 1. The van der Waals surface area contributed by atoms with Crippen molar-refractivity contribution in [1.29, 1.82) is 0 Å². The Morgan fingerprint density at radius 3 is 2.85 bits per heavy atom. The Balaban J connectivity index is 1.39. The minimum atomic E-state index is 0.480. The smallest absolute Gasteiger partial charge is 0.315 e. The van der Waals surface area contributed by atoms with Crippen molar-refractivity contribution in [2.24, 2.45) is 0 Å². The van der Waals surface area contributed by atoms with Crippen molar-refractivity contribution >= 4 is 16.9 Å². The number of nitrogens with zero attached hydrogens (tertiary/aromatic N) is 4. The van der Waals surface area contributed by atoms with Gasteiger partial charge in [-0.3, -0.25) is 0 Å². The van der Waals surface area contributed by atoms with E-state index in [0.29, 0.717) is 23.9 Å². The Hall–Kier alpha value is -3.22. The van der Waals surface area contributed by atoms with Crippen molar-refractivity contribution in [3.63, 3.8) is 0 Å². The van der Waals surface area contributed by atoms with Gasteiger partial charge >= 0.3 is 6.01 Å². The molecule has 7 heteroatoms. The first-order valence-corrected chi connectivity index (χ1v) is 9.38. The van der Waals surface area contributed by atoms with Gasteiger partial charge in [-0.2, -0.15) is 0 Å². The van der Waals surface area contributed by atoms with Crippen molar-refractivity contribution in [3.8, 4) is 22.8 Å². The number of aromatic amines is 1. The van der Waals surface area contributed by atoms with Crippen LogP contribution in [-0.2, 0) is 0 Å². The van der Waals surface area contributed by atoms with Gasteiger partial charge in [0.2, 0.25) is 5.89 Å². The van der Waals surface area contributed by atoms with Crippen molar-refractivity contribution < 1.29 is 4.42 Å². The molecule has 1 aromatic carbocycles.